The summed E-state index contributed by atoms with van der Waals surface area (Å²) < 4.78 is 0. The molecule has 2 amide bonds. The van der Waals surface area contributed by atoms with Gasteiger partial charge in [-0.25, -0.2) is 4.79 Å². The van der Waals surface area contributed by atoms with Gasteiger partial charge in [0.2, 0.25) is 0 Å². The molecule has 1 atom stereocenters. The quantitative estimate of drug-likeness (QED) is 0.672. The van der Waals surface area contributed by atoms with Crippen LogP contribution >= 0.6 is 0 Å². The van der Waals surface area contributed by atoms with Crippen LogP contribution < -0.4 is 10.6 Å². The number of nitrogens with zero attached hydrogens (tertiary/aromatic N) is 1. The molecule has 1 aliphatic rings. The van der Waals surface area contributed by atoms with Crippen LogP contribution in [0.3, 0.4) is 0 Å². The fraction of sp³-hybridized carbons (Fsp3) is 0.409. The molecule has 1 aliphatic heterocycles. The Balaban J connectivity index is 1.46. The van der Waals surface area contributed by atoms with Gasteiger partial charge in [-0.2, -0.15) is 0 Å². The summed E-state index contributed by atoms with van der Waals surface area (Å²) in [7, 11) is 0. The predicted octanol–water partition coefficient (Wildman–Crippen LogP) is 2.94. The Morgan fingerprint density at radius 2 is 1.67 bits per heavy atom. The molecule has 5 heteroatoms. The van der Waals surface area contributed by atoms with Crippen LogP contribution in [0.25, 0.3) is 0 Å². The zero-order valence-electron chi connectivity index (χ0n) is 15.7. The van der Waals surface area contributed by atoms with E-state index in [0.717, 1.165) is 25.9 Å². The number of carbonyl (C=O) groups is 1. The molecular weight excluding hydrogens is 338 g/mol. The van der Waals surface area contributed by atoms with Gasteiger partial charge in [-0.15, -0.1) is 0 Å². The van der Waals surface area contributed by atoms with E-state index in [1.807, 2.05) is 30.3 Å². The Labute approximate surface area is 161 Å². The van der Waals surface area contributed by atoms with Crippen LogP contribution in [0.4, 0.5) is 4.79 Å². The Morgan fingerprint density at radius 3 is 2.37 bits per heavy atom. The molecule has 1 fully saturated rings. The van der Waals surface area contributed by atoms with Gasteiger partial charge in [0, 0.05) is 19.1 Å². The van der Waals surface area contributed by atoms with Crippen LogP contribution in [-0.4, -0.2) is 48.3 Å². The first-order valence-electron chi connectivity index (χ1n) is 9.78. The zero-order valence-corrected chi connectivity index (χ0v) is 15.7. The van der Waals surface area contributed by atoms with E-state index in [1.54, 1.807) is 12.1 Å². The summed E-state index contributed by atoms with van der Waals surface area (Å²) in [5, 5.41) is 15.5. The van der Waals surface area contributed by atoms with Gasteiger partial charge in [0.15, 0.2) is 0 Å². The highest BCUT2D eigenvalue weighted by molar-refractivity contribution is 5.73. The van der Waals surface area contributed by atoms with Crippen molar-refractivity contribution in [1.82, 2.24) is 15.5 Å². The maximum atomic E-state index is 12.2. The van der Waals surface area contributed by atoms with Crippen molar-refractivity contribution in [3.05, 3.63) is 65.7 Å². The molecule has 0 aromatic heterocycles. The van der Waals surface area contributed by atoms with E-state index < -0.39 is 0 Å². The van der Waals surface area contributed by atoms with Crippen molar-refractivity contribution >= 4 is 6.03 Å². The molecule has 0 radical (unpaired) electrons. The standard InChI is InChI=1S/C22H29N3O2/c26-21-10-8-19(9-11-21)16-20(25-14-4-5-15-25)17-24-22(27)23-13-12-18-6-2-1-3-7-18/h1-3,6-11,20,26H,4-5,12-17H2,(H2,23,24,27)/t20-/m0/s1. The molecule has 0 bridgehead atoms. The third kappa shape index (κ3) is 6.29. The van der Waals surface area contributed by atoms with Gasteiger partial charge < -0.3 is 15.7 Å². The van der Waals surface area contributed by atoms with Gasteiger partial charge in [-0.05, 0) is 62.0 Å². The minimum atomic E-state index is -0.110. The second-order valence-electron chi connectivity index (χ2n) is 7.14. The number of benzene rings is 2. The van der Waals surface area contributed by atoms with Gasteiger partial charge in [0.1, 0.15) is 5.75 Å². The zero-order chi connectivity index (χ0) is 18.9. The van der Waals surface area contributed by atoms with E-state index in [1.165, 1.54) is 24.0 Å². The van der Waals surface area contributed by atoms with Gasteiger partial charge in [0.25, 0.3) is 0 Å². The molecule has 27 heavy (non-hydrogen) atoms. The van der Waals surface area contributed by atoms with Crippen molar-refractivity contribution in [3.63, 3.8) is 0 Å². The van der Waals surface area contributed by atoms with Crippen molar-refractivity contribution in [3.8, 4) is 5.75 Å². The number of carbonyl (C=O) groups excluding carboxylic acids is 1. The Kier molecular flexibility index (Phi) is 7.11. The number of likely N-dealkylation sites (tertiary alicyclic amines) is 1. The van der Waals surface area contributed by atoms with Crippen molar-refractivity contribution in [2.45, 2.75) is 31.7 Å². The SMILES string of the molecule is O=C(NCCc1ccccc1)NC[C@H](Cc1ccc(O)cc1)N1CCCC1. The fourth-order valence-corrected chi connectivity index (χ4v) is 3.58. The molecule has 3 rings (SSSR count). The van der Waals surface area contributed by atoms with E-state index in [2.05, 4.69) is 27.7 Å². The first-order chi connectivity index (χ1) is 13.2. The highest BCUT2D eigenvalue weighted by atomic mass is 16.3. The van der Waals surface area contributed by atoms with Crippen molar-refractivity contribution in [2.75, 3.05) is 26.2 Å². The maximum absolute atomic E-state index is 12.2. The molecule has 1 saturated heterocycles. The third-order valence-corrected chi connectivity index (χ3v) is 5.11. The number of hydrogen-bond acceptors (Lipinski definition) is 3. The number of nitrogens with one attached hydrogen (secondary N) is 2. The molecule has 3 N–H and O–H groups in total. The van der Waals surface area contributed by atoms with Gasteiger partial charge in [-0.1, -0.05) is 42.5 Å². The fourth-order valence-electron chi connectivity index (χ4n) is 3.58. The summed E-state index contributed by atoms with van der Waals surface area (Å²) >= 11 is 0. The number of amides is 2. The first kappa shape index (κ1) is 19.2. The monoisotopic (exact) mass is 367 g/mol. The van der Waals surface area contributed by atoms with Crippen LogP contribution in [-0.2, 0) is 12.8 Å². The summed E-state index contributed by atoms with van der Waals surface area (Å²) in [5.41, 5.74) is 2.40. The molecule has 1 heterocycles. The molecule has 5 nitrogen and oxygen atoms in total. The van der Waals surface area contributed by atoms with Crippen LogP contribution in [0.1, 0.15) is 24.0 Å². The summed E-state index contributed by atoms with van der Waals surface area (Å²) in [5.74, 6) is 0.285. The van der Waals surface area contributed by atoms with Crippen molar-refractivity contribution in [1.29, 1.82) is 0 Å². The Morgan fingerprint density at radius 1 is 0.963 bits per heavy atom. The minimum absolute atomic E-state index is 0.110. The maximum Gasteiger partial charge on any atom is 0.314 e. The molecule has 144 valence electrons. The highest BCUT2D eigenvalue weighted by Gasteiger charge is 2.22. The van der Waals surface area contributed by atoms with Crippen LogP contribution in [0.5, 0.6) is 5.75 Å². The van der Waals surface area contributed by atoms with Gasteiger partial charge >= 0.3 is 6.03 Å². The lowest BCUT2D eigenvalue weighted by atomic mass is 10.0. The number of urea groups is 1. The van der Waals surface area contributed by atoms with E-state index in [-0.39, 0.29) is 17.8 Å². The molecule has 0 saturated carbocycles. The van der Waals surface area contributed by atoms with Gasteiger partial charge in [-0.3, -0.25) is 4.90 Å². The summed E-state index contributed by atoms with van der Waals surface area (Å²) in [6.45, 7) is 3.42. The molecule has 2 aromatic carbocycles. The Bertz CT molecular complexity index is 697. The smallest absolute Gasteiger partial charge is 0.314 e. The topological polar surface area (TPSA) is 64.6 Å². The van der Waals surface area contributed by atoms with Crippen molar-refractivity contribution in [2.24, 2.45) is 0 Å². The molecule has 0 spiro atoms. The average Bonchev–Trinajstić information content (AvgIpc) is 3.22. The van der Waals surface area contributed by atoms with Gasteiger partial charge in [0.05, 0.1) is 0 Å². The van der Waals surface area contributed by atoms with Crippen molar-refractivity contribution < 1.29 is 9.90 Å². The van der Waals surface area contributed by atoms with E-state index >= 15 is 0 Å². The molecular formula is C22H29N3O2. The second kappa shape index (κ2) is 9.97. The highest BCUT2D eigenvalue weighted by Crippen LogP contribution is 2.17. The third-order valence-electron chi connectivity index (χ3n) is 5.11. The van der Waals surface area contributed by atoms with E-state index in [0.29, 0.717) is 13.1 Å². The molecule has 2 aromatic rings. The Hall–Kier alpha value is -2.53. The number of phenols is 1. The number of aromatic hydroxyl groups is 1. The lowest BCUT2D eigenvalue weighted by Gasteiger charge is -2.28. The summed E-state index contributed by atoms with van der Waals surface area (Å²) in [6, 6.07) is 17.7. The predicted molar refractivity (Wildman–Crippen MR) is 108 cm³/mol. The average molecular weight is 367 g/mol. The lowest BCUT2D eigenvalue weighted by molar-refractivity contribution is 0.218. The van der Waals surface area contributed by atoms with E-state index in [9.17, 15) is 9.90 Å². The summed E-state index contributed by atoms with van der Waals surface area (Å²) in [4.78, 5) is 14.6. The molecule has 0 unspecified atom stereocenters. The summed E-state index contributed by atoms with van der Waals surface area (Å²) in [6.07, 6.45) is 4.13. The largest absolute Gasteiger partial charge is 0.508 e. The van der Waals surface area contributed by atoms with E-state index in [4.69, 9.17) is 0 Å². The van der Waals surface area contributed by atoms with Crippen LogP contribution in [0.15, 0.2) is 54.6 Å². The molecule has 0 aliphatic carbocycles. The second-order valence-corrected chi connectivity index (χ2v) is 7.14. The first-order valence-corrected chi connectivity index (χ1v) is 9.78. The minimum Gasteiger partial charge on any atom is -0.508 e. The number of rotatable bonds is 8. The number of phenolic OH excluding ortho intramolecular Hbond substituents is 1. The normalized spacial score (nSPS) is 15.4. The van der Waals surface area contributed by atoms with Crippen LogP contribution in [0, 0.1) is 0 Å². The number of hydrogen-bond donors (Lipinski definition) is 3. The van der Waals surface area contributed by atoms with Crippen LogP contribution in [0.2, 0.25) is 0 Å². The lowest BCUT2D eigenvalue weighted by Crippen LogP contribution is -2.47.